The summed E-state index contributed by atoms with van der Waals surface area (Å²) in [5.41, 5.74) is -1.03. The van der Waals surface area contributed by atoms with Gasteiger partial charge in [0.15, 0.2) is 11.8 Å². The number of rotatable bonds is 14. The number of aliphatic carboxylic acids is 1. The lowest BCUT2D eigenvalue weighted by atomic mass is 9.66. The number of hydrogen-bond donors (Lipinski definition) is 1. The van der Waals surface area contributed by atoms with Gasteiger partial charge in [-0.05, 0) is 51.4 Å². The molecule has 0 aliphatic heterocycles. The number of ether oxygens (including phenoxy) is 3. The fourth-order valence-corrected chi connectivity index (χ4v) is 6.21. The van der Waals surface area contributed by atoms with Crippen LogP contribution in [0.5, 0.6) is 17.2 Å². The van der Waals surface area contributed by atoms with E-state index in [-0.39, 0.29) is 34.7 Å². The number of benzene rings is 3. The van der Waals surface area contributed by atoms with Gasteiger partial charge in [0.05, 0.1) is 50.0 Å². The number of allylic oxidation sites excluding steroid dienone is 2. The van der Waals surface area contributed by atoms with Gasteiger partial charge in [-0.25, -0.2) is 4.79 Å². The van der Waals surface area contributed by atoms with Crippen LogP contribution in [0.15, 0.2) is 96.6 Å². The van der Waals surface area contributed by atoms with Crippen molar-refractivity contribution in [1.29, 1.82) is 0 Å². The number of likely N-dealkylation sites (N-methyl/N-ethyl adjacent to an activating group) is 1. The van der Waals surface area contributed by atoms with Crippen LogP contribution in [0.25, 0.3) is 0 Å². The molecule has 3 atom stereocenters. The number of methoxy groups -OCH3 is 2. The average molecular weight is 627 g/mol. The number of hydrogen-bond acceptors (Lipinski definition) is 8. The molecule has 1 aliphatic carbocycles. The molecule has 3 aromatic carbocycles. The Kier molecular flexibility index (Phi) is 10.8. The van der Waals surface area contributed by atoms with Crippen LogP contribution in [-0.4, -0.2) is 85.4 Å². The Balaban J connectivity index is 2.04. The summed E-state index contributed by atoms with van der Waals surface area (Å²) in [6.07, 6.45) is 5.15. The number of Topliss-reactive ketones (excluding diaryl/α,β-unsaturated/α-hetero) is 1. The number of nitrogens with zero attached hydrogens (tertiary/aromatic N) is 2. The van der Waals surface area contributed by atoms with Crippen LogP contribution in [0.1, 0.15) is 33.2 Å². The van der Waals surface area contributed by atoms with Crippen LogP contribution in [0.4, 0.5) is 0 Å². The molecule has 10 heteroatoms. The van der Waals surface area contributed by atoms with Gasteiger partial charge in [0.2, 0.25) is 0 Å². The number of aldehydes is 1. The zero-order valence-electron chi connectivity index (χ0n) is 26.5. The van der Waals surface area contributed by atoms with E-state index in [2.05, 4.69) is 0 Å². The Bertz CT molecular complexity index is 1660. The van der Waals surface area contributed by atoms with Gasteiger partial charge in [0.25, 0.3) is 5.91 Å². The lowest BCUT2D eigenvalue weighted by molar-refractivity contribution is -0.148. The van der Waals surface area contributed by atoms with E-state index in [1.165, 1.54) is 30.1 Å². The molecule has 0 bridgehead atoms. The van der Waals surface area contributed by atoms with Crippen molar-refractivity contribution in [3.05, 3.63) is 113 Å². The smallest absolute Gasteiger partial charge is 0.328 e. The highest BCUT2D eigenvalue weighted by Gasteiger charge is 2.59. The van der Waals surface area contributed by atoms with E-state index < -0.39 is 35.2 Å². The molecule has 1 amide bonds. The molecule has 0 saturated heterocycles. The van der Waals surface area contributed by atoms with Crippen molar-refractivity contribution in [3.63, 3.8) is 0 Å². The van der Waals surface area contributed by atoms with E-state index in [1.54, 1.807) is 99.0 Å². The van der Waals surface area contributed by atoms with E-state index in [1.807, 2.05) is 6.92 Å². The Labute approximate surface area is 268 Å². The topological polar surface area (TPSA) is 123 Å². The normalized spacial score (nSPS) is 17.9. The maximum atomic E-state index is 14.7. The summed E-state index contributed by atoms with van der Waals surface area (Å²) in [5, 5.41) is 11.2. The molecule has 0 radical (unpaired) electrons. The molecule has 1 N–H and O–H groups in total. The minimum absolute atomic E-state index is 0.0107. The summed E-state index contributed by atoms with van der Waals surface area (Å²) >= 11 is 0. The number of carbonyl (C=O) groups excluding carboxylic acids is 3. The van der Waals surface area contributed by atoms with Crippen LogP contribution in [0.3, 0.4) is 0 Å². The monoisotopic (exact) mass is 626 g/mol. The van der Waals surface area contributed by atoms with E-state index in [0.29, 0.717) is 24.2 Å². The van der Waals surface area contributed by atoms with Crippen molar-refractivity contribution in [3.8, 4) is 17.2 Å². The second kappa shape index (κ2) is 14.7. The highest BCUT2D eigenvalue weighted by Crippen LogP contribution is 2.44. The van der Waals surface area contributed by atoms with Gasteiger partial charge in [-0.3, -0.25) is 19.3 Å². The number of para-hydroxylation sites is 3. The van der Waals surface area contributed by atoms with Gasteiger partial charge in [-0.2, -0.15) is 0 Å². The van der Waals surface area contributed by atoms with Crippen molar-refractivity contribution >= 4 is 23.9 Å². The summed E-state index contributed by atoms with van der Waals surface area (Å²) in [6.45, 7) is 1.92. The summed E-state index contributed by atoms with van der Waals surface area (Å²) in [5.74, 6) is -2.85. The third kappa shape index (κ3) is 6.16. The molecule has 3 aromatic rings. The van der Waals surface area contributed by atoms with Gasteiger partial charge in [-0.15, -0.1) is 0 Å². The number of amides is 1. The largest absolute Gasteiger partial charge is 0.496 e. The first-order chi connectivity index (χ1) is 22.2. The number of carbonyl (C=O) groups is 4. The third-order valence-electron chi connectivity index (χ3n) is 8.21. The minimum Gasteiger partial charge on any atom is -0.496 e. The van der Waals surface area contributed by atoms with E-state index in [0.717, 1.165) is 0 Å². The molecule has 4 rings (SSSR count). The molecule has 3 unspecified atom stereocenters. The molecule has 10 nitrogen and oxygen atoms in total. The predicted octanol–water partition coefficient (Wildman–Crippen LogP) is 4.69. The predicted molar refractivity (Wildman–Crippen MR) is 172 cm³/mol. The molecule has 46 heavy (non-hydrogen) atoms. The second-order valence-electron chi connectivity index (χ2n) is 10.8. The quantitative estimate of drug-likeness (QED) is 0.201. The highest BCUT2D eigenvalue weighted by atomic mass is 16.5. The Morgan fingerprint density at radius 1 is 0.891 bits per heavy atom. The number of carboxylic acids is 1. The van der Waals surface area contributed by atoms with E-state index in [9.17, 15) is 24.3 Å². The highest BCUT2D eigenvalue weighted by molar-refractivity contribution is 6.06. The fraction of sp³-hybridized carbons (Fsp3) is 0.278. The van der Waals surface area contributed by atoms with Crippen molar-refractivity contribution in [2.75, 3.05) is 34.9 Å². The standard InChI is InChI=1S/C36H38N2O8/c1-6-46-29-19-10-7-14-24(29)22-38(34(41)27-17-9-12-21-31(27)45-5)33(35(42)43)36(37(2)3)25(23-39)15-13-18-28(36)32(40)26-16-8-11-20-30(26)44-4/h7-21,23,28,33H,6,22H2,1-5H3,(H,42,43). The molecule has 0 spiro atoms. The SMILES string of the molecule is CCOc1ccccc1CN(C(=O)c1ccccc1OC)C(C(=O)O)C1(N(C)C)C(C=O)=CC=CC1C(=O)c1ccccc1OC. The zero-order chi connectivity index (χ0) is 33.4. The summed E-state index contributed by atoms with van der Waals surface area (Å²) in [7, 11) is 6.03. The van der Waals surface area contributed by atoms with Crippen LogP contribution in [0.2, 0.25) is 0 Å². The molecular formula is C36H38N2O8. The summed E-state index contributed by atoms with van der Waals surface area (Å²) < 4.78 is 16.8. The molecule has 240 valence electrons. The first kappa shape index (κ1) is 33.7. The third-order valence-corrected chi connectivity index (χ3v) is 8.21. The van der Waals surface area contributed by atoms with Gasteiger partial charge in [0.1, 0.15) is 23.5 Å². The lowest BCUT2D eigenvalue weighted by Gasteiger charge is -2.52. The van der Waals surface area contributed by atoms with Crippen molar-refractivity contribution < 1.29 is 38.5 Å². The average Bonchev–Trinajstić information content (AvgIpc) is 3.07. The van der Waals surface area contributed by atoms with Gasteiger partial charge >= 0.3 is 5.97 Å². The molecule has 1 aliphatic rings. The summed E-state index contributed by atoms with van der Waals surface area (Å²) in [6, 6.07) is 18.3. The lowest BCUT2D eigenvalue weighted by Crippen LogP contribution is -2.70. The van der Waals surface area contributed by atoms with E-state index in [4.69, 9.17) is 14.2 Å². The second-order valence-corrected chi connectivity index (χ2v) is 10.8. The van der Waals surface area contributed by atoms with Crippen LogP contribution in [0, 0.1) is 5.92 Å². The number of ketones is 1. The van der Waals surface area contributed by atoms with Gasteiger partial charge in [-0.1, -0.05) is 60.7 Å². The maximum Gasteiger partial charge on any atom is 0.328 e. The number of carboxylic acid groups (broad SMARTS) is 1. The zero-order valence-corrected chi connectivity index (χ0v) is 26.5. The molecule has 0 saturated carbocycles. The van der Waals surface area contributed by atoms with Crippen LogP contribution < -0.4 is 14.2 Å². The van der Waals surface area contributed by atoms with Crippen molar-refractivity contribution in [2.45, 2.75) is 25.0 Å². The maximum absolute atomic E-state index is 14.7. The van der Waals surface area contributed by atoms with Gasteiger partial charge < -0.3 is 24.2 Å². The van der Waals surface area contributed by atoms with Crippen LogP contribution >= 0.6 is 0 Å². The van der Waals surface area contributed by atoms with Gasteiger partial charge in [0, 0.05) is 11.1 Å². The van der Waals surface area contributed by atoms with Crippen molar-refractivity contribution in [2.24, 2.45) is 5.92 Å². The first-order valence-electron chi connectivity index (χ1n) is 14.7. The fourth-order valence-electron chi connectivity index (χ4n) is 6.21. The van der Waals surface area contributed by atoms with Crippen LogP contribution in [-0.2, 0) is 16.1 Å². The van der Waals surface area contributed by atoms with Crippen molar-refractivity contribution in [1.82, 2.24) is 9.80 Å². The molecular weight excluding hydrogens is 588 g/mol. The molecule has 0 heterocycles. The summed E-state index contributed by atoms with van der Waals surface area (Å²) in [4.78, 5) is 58.5. The van der Waals surface area contributed by atoms with E-state index >= 15 is 0 Å². The Hall–Kier alpha value is -5.22. The Morgan fingerprint density at radius 2 is 1.46 bits per heavy atom. The molecule has 0 fully saturated rings. The first-order valence-corrected chi connectivity index (χ1v) is 14.7. The minimum atomic E-state index is -1.88. The Morgan fingerprint density at radius 3 is 2.02 bits per heavy atom. The molecule has 0 aromatic heterocycles.